The van der Waals surface area contributed by atoms with Crippen molar-refractivity contribution >= 4 is 11.6 Å². The third kappa shape index (κ3) is 2.22. The zero-order valence-corrected chi connectivity index (χ0v) is 10.2. The molecule has 0 saturated carbocycles. The molecule has 0 aliphatic heterocycles. The van der Waals surface area contributed by atoms with Crippen LogP contribution < -0.4 is 9.47 Å². The lowest BCUT2D eigenvalue weighted by Crippen LogP contribution is -2.07. The van der Waals surface area contributed by atoms with E-state index in [4.69, 9.17) is 9.47 Å². The molecule has 0 fully saturated rings. The lowest BCUT2D eigenvalue weighted by Gasteiger charge is -2.15. The molecule has 0 aromatic heterocycles. The topological polar surface area (TPSA) is 72.8 Å². The van der Waals surface area contributed by atoms with E-state index in [0.29, 0.717) is 0 Å². The van der Waals surface area contributed by atoms with Crippen LogP contribution in [0.3, 0.4) is 0 Å². The number of rotatable bonds is 4. The Bertz CT molecular complexity index is 476. The minimum absolute atomic E-state index is 0.0153. The van der Waals surface area contributed by atoms with E-state index in [1.54, 1.807) is 0 Å². The fourth-order valence-electron chi connectivity index (χ4n) is 1.66. The van der Waals surface area contributed by atoms with Crippen LogP contribution in [0, 0.1) is 0 Å². The number of hydrogen-bond acceptors (Lipinski definition) is 5. The van der Waals surface area contributed by atoms with Gasteiger partial charge in [-0.3, -0.25) is 9.59 Å². The molecule has 1 rings (SSSR count). The van der Waals surface area contributed by atoms with Crippen molar-refractivity contribution in [1.29, 1.82) is 0 Å². The second-order valence-corrected chi connectivity index (χ2v) is 3.49. The van der Waals surface area contributed by atoms with Crippen LogP contribution in [0.5, 0.6) is 17.2 Å². The van der Waals surface area contributed by atoms with Gasteiger partial charge >= 0.3 is 0 Å². The summed E-state index contributed by atoms with van der Waals surface area (Å²) in [6, 6.07) is 1.23. The van der Waals surface area contributed by atoms with E-state index in [1.807, 2.05) is 0 Å². The maximum atomic E-state index is 11.5. The van der Waals surface area contributed by atoms with Crippen LogP contribution in [-0.2, 0) is 0 Å². The molecule has 5 nitrogen and oxygen atoms in total. The summed E-state index contributed by atoms with van der Waals surface area (Å²) in [5.74, 6) is -0.736. The summed E-state index contributed by atoms with van der Waals surface area (Å²) in [6.07, 6.45) is 0. The summed E-state index contributed by atoms with van der Waals surface area (Å²) in [5.41, 5.74) is 0.136. The first kappa shape index (κ1) is 13.0. The maximum absolute atomic E-state index is 11.5. The number of Topliss-reactive ketones (excluding diaryl/α,β-unsaturated/α-hetero) is 2. The predicted molar refractivity (Wildman–Crippen MR) is 61.2 cm³/mol. The highest BCUT2D eigenvalue weighted by Crippen LogP contribution is 2.39. The number of methoxy groups -OCH3 is 2. The standard InChI is InChI=1S/C12H14O5/c1-6(13)10-8(15)5-9(16-3)11(7(2)14)12(10)17-4/h5,15H,1-4H3. The summed E-state index contributed by atoms with van der Waals surface area (Å²) in [6.45, 7) is 2.62. The third-order valence-corrected chi connectivity index (χ3v) is 2.35. The molecule has 92 valence electrons. The molecule has 1 N–H and O–H groups in total. The minimum atomic E-state index is -0.385. The van der Waals surface area contributed by atoms with Gasteiger partial charge in [-0.25, -0.2) is 0 Å². The number of hydrogen-bond donors (Lipinski definition) is 1. The number of benzene rings is 1. The minimum Gasteiger partial charge on any atom is -0.507 e. The first-order valence-electron chi connectivity index (χ1n) is 4.93. The van der Waals surface area contributed by atoms with Gasteiger partial charge < -0.3 is 14.6 Å². The van der Waals surface area contributed by atoms with E-state index in [0.717, 1.165) is 0 Å². The average Bonchev–Trinajstić information content (AvgIpc) is 2.25. The van der Waals surface area contributed by atoms with Crippen molar-refractivity contribution < 1.29 is 24.2 Å². The summed E-state index contributed by atoms with van der Waals surface area (Å²) < 4.78 is 10.0. The summed E-state index contributed by atoms with van der Waals surface area (Å²) in [5, 5.41) is 9.72. The number of carbonyl (C=O) groups is 2. The Hall–Kier alpha value is -2.04. The molecule has 0 saturated heterocycles. The number of aromatic hydroxyl groups is 1. The smallest absolute Gasteiger partial charge is 0.167 e. The van der Waals surface area contributed by atoms with Crippen LogP contribution in [-0.4, -0.2) is 30.9 Å². The van der Waals surface area contributed by atoms with Crippen LogP contribution in [0.25, 0.3) is 0 Å². The first-order valence-corrected chi connectivity index (χ1v) is 4.93. The van der Waals surface area contributed by atoms with Crippen molar-refractivity contribution in [2.45, 2.75) is 13.8 Å². The summed E-state index contributed by atoms with van der Waals surface area (Å²) in [4.78, 5) is 23.0. The van der Waals surface area contributed by atoms with Crippen LogP contribution in [0.15, 0.2) is 6.07 Å². The SMILES string of the molecule is COc1cc(O)c(C(C)=O)c(OC)c1C(C)=O. The molecule has 0 aliphatic rings. The molecule has 1 aromatic rings. The average molecular weight is 238 g/mol. The quantitative estimate of drug-likeness (QED) is 0.810. The van der Waals surface area contributed by atoms with Gasteiger partial charge in [-0.05, 0) is 13.8 Å². The van der Waals surface area contributed by atoms with E-state index in [-0.39, 0.29) is 39.9 Å². The molecular formula is C12H14O5. The Kier molecular flexibility index (Phi) is 3.73. The lowest BCUT2D eigenvalue weighted by atomic mass is 10.0. The van der Waals surface area contributed by atoms with Crippen molar-refractivity contribution in [2.75, 3.05) is 14.2 Å². The van der Waals surface area contributed by atoms with Crippen LogP contribution in [0.1, 0.15) is 34.6 Å². The van der Waals surface area contributed by atoms with E-state index in [1.165, 1.54) is 34.1 Å². The van der Waals surface area contributed by atoms with Crippen LogP contribution in [0.4, 0.5) is 0 Å². The predicted octanol–water partition coefficient (Wildman–Crippen LogP) is 1.81. The fraction of sp³-hybridized carbons (Fsp3) is 0.333. The first-order chi connectivity index (χ1) is 7.93. The monoisotopic (exact) mass is 238 g/mol. The maximum Gasteiger partial charge on any atom is 0.167 e. The largest absolute Gasteiger partial charge is 0.507 e. The molecule has 0 radical (unpaired) electrons. The van der Waals surface area contributed by atoms with E-state index in [9.17, 15) is 14.7 Å². The second-order valence-electron chi connectivity index (χ2n) is 3.49. The Morgan fingerprint density at radius 1 is 1.06 bits per heavy atom. The normalized spacial score (nSPS) is 9.88. The molecule has 0 heterocycles. The Morgan fingerprint density at radius 3 is 1.94 bits per heavy atom. The molecule has 5 heteroatoms. The van der Waals surface area contributed by atoms with Gasteiger partial charge in [-0.1, -0.05) is 0 Å². The zero-order chi connectivity index (χ0) is 13.2. The van der Waals surface area contributed by atoms with Crippen LogP contribution in [0.2, 0.25) is 0 Å². The highest BCUT2D eigenvalue weighted by Gasteiger charge is 2.24. The van der Waals surface area contributed by atoms with Gasteiger partial charge in [0.15, 0.2) is 11.6 Å². The number of phenols is 1. The molecule has 0 atom stereocenters. The molecular weight excluding hydrogens is 224 g/mol. The highest BCUT2D eigenvalue weighted by atomic mass is 16.5. The molecule has 17 heavy (non-hydrogen) atoms. The Morgan fingerprint density at radius 2 is 1.59 bits per heavy atom. The van der Waals surface area contributed by atoms with Crippen molar-refractivity contribution in [1.82, 2.24) is 0 Å². The van der Waals surface area contributed by atoms with Gasteiger partial charge in [0.2, 0.25) is 0 Å². The number of carbonyl (C=O) groups excluding carboxylic acids is 2. The van der Waals surface area contributed by atoms with E-state index in [2.05, 4.69) is 0 Å². The molecule has 1 aromatic carbocycles. The molecule has 0 spiro atoms. The van der Waals surface area contributed by atoms with Gasteiger partial charge in [0.1, 0.15) is 28.4 Å². The molecule has 0 unspecified atom stereocenters. The van der Waals surface area contributed by atoms with Gasteiger partial charge in [0, 0.05) is 6.07 Å². The third-order valence-electron chi connectivity index (χ3n) is 2.35. The van der Waals surface area contributed by atoms with Crippen LogP contribution >= 0.6 is 0 Å². The summed E-state index contributed by atoms with van der Waals surface area (Å²) in [7, 11) is 2.70. The zero-order valence-electron chi connectivity index (χ0n) is 10.2. The van der Waals surface area contributed by atoms with E-state index < -0.39 is 0 Å². The second kappa shape index (κ2) is 4.86. The molecule has 0 bridgehead atoms. The van der Waals surface area contributed by atoms with E-state index >= 15 is 0 Å². The molecule has 0 aliphatic carbocycles. The highest BCUT2D eigenvalue weighted by molar-refractivity contribution is 6.07. The van der Waals surface area contributed by atoms with Gasteiger partial charge in [0.25, 0.3) is 0 Å². The Balaban J connectivity index is 3.71. The summed E-state index contributed by atoms with van der Waals surface area (Å²) >= 11 is 0. The van der Waals surface area contributed by atoms with Crippen molar-refractivity contribution in [3.63, 3.8) is 0 Å². The fourth-order valence-corrected chi connectivity index (χ4v) is 1.66. The van der Waals surface area contributed by atoms with Gasteiger partial charge in [-0.2, -0.15) is 0 Å². The number of phenolic OH excluding ortho intramolecular Hbond substituents is 1. The van der Waals surface area contributed by atoms with Gasteiger partial charge in [-0.15, -0.1) is 0 Å². The van der Waals surface area contributed by atoms with Crippen molar-refractivity contribution in [3.05, 3.63) is 17.2 Å². The van der Waals surface area contributed by atoms with Crippen molar-refractivity contribution in [2.24, 2.45) is 0 Å². The van der Waals surface area contributed by atoms with Gasteiger partial charge in [0.05, 0.1) is 14.2 Å². The Labute approximate surface area is 99.0 Å². The molecule has 0 amide bonds. The number of ketones is 2. The van der Waals surface area contributed by atoms with Crippen molar-refractivity contribution in [3.8, 4) is 17.2 Å². The lowest BCUT2D eigenvalue weighted by molar-refractivity contribution is 0.100. The number of ether oxygens (including phenoxy) is 2.